The van der Waals surface area contributed by atoms with Crippen LogP contribution in [0.2, 0.25) is 5.02 Å². The van der Waals surface area contributed by atoms with E-state index in [1.807, 2.05) is 42.5 Å². The standard InChI is InChI=1S/C28H22ClNO3/c29-21-13-10-19(11-14-21)26(31)17-33-28(32)27-22-8-4-5-9-24(22)30-25-15-12-20(16-23(25)27)18-6-2-1-3-7-18/h1-11,13-14,20H,12,15-17H2/t20-/m1/s1. The molecular weight excluding hydrogens is 434 g/mol. The second-order valence-corrected chi connectivity index (χ2v) is 8.72. The van der Waals surface area contributed by atoms with Crippen LogP contribution in [0, 0.1) is 0 Å². The number of ketones is 1. The summed E-state index contributed by atoms with van der Waals surface area (Å²) in [6.45, 7) is -0.325. The Morgan fingerprint density at radius 2 is 1.67 bits per heavy atom. The highest BCUT2D eigenvalue weighted by atomic mass is 35.5. The molecule has 0 radical (unpaired) electrons. The van der Waals surface area contributed by atoms with E-state index >= 15 is 0 Å². The molecule has 4 aromatic rings. The number of para-hydroxylation sites is 1. The Bertz CT molecular complexity index is 1330. The minimum absolute atomic E-state index is 0.269. The van der Waals surface area contributed by atoms with Crippen molar-refractivity contribution in [3.63, 3.8) is 0 Å². The number of carbonyl (C=O) groups is 2. The summed E-state index contributed by atoms with van der Waals surface area (Å²) >= 11 is 5.90. The molecule has 5 rings (SSSR count). The first-order chi connectivity index (χ1) is 16.1. The van der Waals surface area contributed by atoms with Crippen molar-refractivity contribution >= 4 is 34.3 Å². The van der Waals surface area contributed by atoms with Gasteiger partial charge < -0.3 is 4.74 Å². The lowest BCUT2D eigenvalue weighted by Gasteiger charge is -2.26. The van der Waals surface area contributed by atoms with Crippen molar-refractivity contribution in [1.82, 2.24) is 4.98 Å². The van der Waals surface area contributed by atoms with Crippen molar-refractivity contribution in [3.8, 4) is 0 Å². The van der Waals surface area contributed by atoms with E-state index in [0.29, 0.717) is 28.5 Å². The van der Waals surface area contributed by atoms with Gasteiger partial charge in [0.1, 0.15) is 0 Å². The Morgan fingerprint density at radius 3 is 2.45 bits per heavy atom. The first-order valence-electron chi connectivity index (χ1n) is 11.0. The summed E-state index contributed by atoms with van der Waals surface area (Å²) in [5, 5.41) is 1.31. The van der Waals surface area contributed by atoms with Crippen LogP contribution in [0.15, 0.2) is 78.9 Å². The number of aromatic nitrogens is 1. The van der Waals surface area contributed by atoms with E-state index < -0.39 is 5.97 Å². The number of nitrogens with zero attached hydrogens (tertiary/aromatic N) is 1. The predicted octanol–water partition coefficient (Wildman–Crippen LogP) is 6.20. The molecule has 0 aliphatic heterocycles. The van der Waals surface area contributed by atoms with E-state index in [-0.39, 0.29) is 12.4 Å². The largest absolute Gasteiger partial charge is 0.454 e. The summed E-state index contributed by atoms with van der Waals surface area (Å²) in [7, 11) is 0. The number of fused-ring (bicyclic) bond motifs is 2. The molecule has 0 unspecified atom stereocenters. The molecule has 3 aromatic carbocycles. The van der Waals surface area contributed by atoms with Crippen molar-refractivity contribution in [2.45, 2.75) is 25.2 Å². The van der Waals surface area contributed by atoms with Gasteiger partial charge in [-0.25, -0.2) is 4.79 Å². The van der Waals surface area contributed by atoms with Crippen molar-refractivity contribution in [1.29, 1.82) is 0 Å². The summed E-state index contributed by atoms with van der Waals surface area (Å²) in [4.78, 5) is 30.7. The van der Waals surface area contributed by atoms with Gasteiger partial charge in [-0.3, -0.25) is 9.78 Å². The van der Waals surface area contributed by atoms with Crippen LogP contribution < -0.4 is 0 Å². The van der Waals surface area contributed by atoms with Crippen molar-refractivity contribution in [2.24, 2.45) is 0 Å². The maximum Gasteiger partial charge on any atom is 0.339 e. The number of rotatable bonds is 5. The molecule has 0 fully saturated rings. The van der Waals surface area contributed by atoms with Crippen LogP contribution in [0.25, 0.3) is 10.9 Å². The number of benzene rings is 3. The topological polar surface area (TPSA) is 56.3 Å². The zero-order valence-electron chi connectivity index (χ0n) is 18.0. The minimum atomic E-state index is -0.485. The molecule has 1 aromatic heterocycles. The fourth-order valence-corrected chi connectivity index (χ4v) is 4.68. The number of pyridine rings is 1. The lowest BCUT2D eigenvalue weighted by molar-refractivity contribution is 0.0475. The maximum absolute atomic E-state index is 13.3. The molecule has 1 aliphatic rings. The van der Waals surface area contributed by atoms with Gasteiger partial charge in [0.15, 0.2) is 12.4 Å². The van der Waals surface area contributed by atoms with E-state index in [1.54, 1.807) is 24.3 Å². The number of esters is 1. The molecule has 0 spiro atoms. The van der Waals surface area contributed by atoms with Crippen LogP contribution in [-0.4, -0.2) is 23.3 Å². The summed E-state index contributed by atoms with van der Waals surface area (Å²) in [5.41, 5.74) is 4.88. The van der Waals surface area contributed by atoms with Crippen LogP contribution in [0.3, 0.4) is 0 Å². The summed E-state index contributed by atoms with van der Waals surface area (Å²) in [5.74, 6) is -0.445. The van der Waals surface area contributed by atoms with Crippen LogP contribution in [0.5, 0.6) is 0 Å². The SMILES string of the molecule is O=C(COC(=O)c1c2c(nc3ccccc13)CC[C@@H](c1ccccc1)C2)c1ccc(Cl)cc1. The van der Waals surface area contributed by atoms with E-state index in [2.05, 4.69) is 12.1 Å². The van der Waals surface area contributed by atoms with Gasteiger partial charge in [-0.15, -0.1) is 0 Å². The van der Waals surface area contributed by atoms with Crippen LogP contribution in [-0.2, 0) is 17.6 Å². The molecular formula is C28H22ClNO3. The average molecular weight is 456 g/mol. The van der Waals surface area contributed by atoms with Gasteiger partial charge in [-0.05, 0) is 66.6 Å². The van der Waals surface area contributed by atoms with Crippen LogP contribution in [0.1, 0.15) is 49.9 Å². The molecule has 1 aliphatic carbocycles. The van der Waals surface area contributed by atoms with Gasteiger partial charge in [0.05, 0.1) is 11.1 Å². The Morgan fingerprint density at radius 1 is 0.939 bits per heavy atom. The molecule has 1 atom stereocenters. The molecule has 0 saturated heterocycles. The van der Waals surface area contributed by atoms with Gasteiger partial charge in [0, 0.05) is 21.7 Å². The van der Waals surface area contributed by atoms with Gasteiger partial charge in [0.25, 0.3) is 0 Å². The number of hydrogen-bond donors (Lipinski definition) is 0. The van der Waals surface area contributed by atoms with Gasteiger partial charge in [-0.1, -0.05) is 60.1 Å². The number of aryl methyl sites for hydroxylation is 1. The van der Waals surface area contributed by atoms with E-state index in [4.69, 9.17) is 21.3 Å². The van der Waals surface area contributed by atoms with Gasteiger partial charge >= 0.3 is 5.97 Å². The van der Waals surface area contributed by atoms with E-state index in [9.17, 15) is 9.59 Å². The normalized spacial score (nSPS) is 15.1. The predicted molar refractivity (Wildman–Crippen MR) is 129 cm³/mol. The Kier molecular flexibility index (Phi) is 5.93. The molecule has 0 bridgehead atoms. The lowest BCUT2D eigenvalue weighted by Crippen LogP contribution is -2.21. The lowest BCUT2D eigenvalue weighted by atomic mass is 9.80. The Hall–Kier alpha value is -3.50. The quantitative estimate of drug-likeness (QED) is 0.265. The number of halogens is 1. The zero-order valence-corrected chi connectivity index (χ0v) is 18.7. The first kappa shape index (κ1) is 21.4. The second-order valence-electron chi connectivity index (χ2n) is 8.29. The maximum atomic E-state index is 13.3. The highest BCUT2D eigenvalue weighted by Gasteiger charge is 2.28. The summed E-state index contributed by atoms with van der Waals surface area (Å²) < 4.78 is 5.54. The summed E-state index contributed by atoms with van der Waals surface area (Å²) in [6.07, 6.45) is 2.49. The van der Waals surface area contributed by atoms with Crippen molar-refractivity contribution < 1.29 is 14.3 Å². The van der Waals surface area contributed by atoms with Crippen LogP contribution in [0.4, 0.5) is 0 Å². The fourth-order valence-electron chi connectivity index (χ4n) is 4.55. The van der Waals surface area contributed by atoms with E-state index in [1.165, 1.54) is 5.56 Å². The molecule has 164 valence electrons. The minimum Gasteiger partial charge on any atom is -0.454 e. The first-order valence-corrected chi connectivity index (χ1v) is 11.4. The van der Waals surface area contributed by atoms with Gasteiger partial charge in [0.2, 0.25) is 0 Å². The average Bonchev–Trinajstić information content (AvgIpc) is 2.86. The highest BCUT2D eigenvalue weighted by molar-refractivity contribution is 6.30. The smallest absolute Gasteiger partial charge is 0.339 e. The molecule has 0 N–H and O–H groups in total. The molecule has 5 heteroatoms. The van der Waals surface area contributed by atoms with Crippen LogP contribution >= 0.6 is 11.6 Å². The Labute approximate surface area is 197 Å². The fraction of sp³-hybridized carbons (Fsp3) is 0.179. The third-order valence-electron chi connectivity index (χ3n) is 6.23. The number of hydrogen-bond acceptors (Lipinski definition) is 4. The summed E-state index contributed by atoms with van der Waals surface area (Å²) in [6, 6.07) is 24.5. The molecule has 1 heterocycles. The molecule has 0 amide bonds. The second kappa shape index (κ2) is 9.16. The third kappa shape index (κ3) is 4.39. The van der Waals surface area contributed by atoms with Crippen molar-refractivity contribution in [2.75, 3.05) is 6.61 Å². The highest BCUT2D eigenvalue weighted by Crippen LogP contribution is 2.36. The Balaban J connectivity index is 1.47. The number of ether oxygens (including phenoxy) is 1. The molecule has 4 nitrogen and oxygen atoms in total. The monoisotopic (exact) mass is 455 g/mol. The zero-order chi connectivity index (χ0) is 22.8. The number of carbonyl (C=O) groups excluding carboxylic acids is 2. The molecule has 0 saturated carbocycles. The molecule has 33 heavy (non-hydrogen) atoms. The third-order valence-corrected chi connectivity index (χ3v) is 6.49. The van der Waals surface area contributed by atoms with Crippen molar-refractivity contribution in [3.05, 3.63) is 112 Å². The van der Waals surface area contributed by atoms with E-state index in [0.717, 1.165) is 35.0 Å². The number of Topliss-reactive ketones (excluding diaryl/α,β-unsaturated/α-hetero) is 1. The van der Waals surface area contributed by atoms with Gasteiger partial charge in [-0.2, -0.15) is 0 Å².